The first-order chi connectivity index (χ1) is 11.2. The lowest BCUT2D eigenvalue weighted by molar-refractivity contribution is -0.137. The van der Waals surface area contributed by atoms with Gasteiger partial charge in [-0.15, -0.1) is 0 Å². The Kier molecular flexibility index (Phi) is 3.90. The molecule has 0 fully saturated rings. The summed E-state index contributed by atoms with van der Waals surface area (Å²) in [7, 11) is 0. The molecule has 9 heteroatoms. The fraction of sp³-hybridized carbons (Fsp3) is 0.133. The molecule has 0 amide bonds. The van der Waals surface area contributed by atoms with E-state index in [-0.39, 0.29) is 27.1 Å². The van der Waals surface area contributed by atoms with E-state index in [1.165, 1.54) is 10.9 Å². The fourth-order valence-electron chi connectivity index (χ4n) is 2.36. The van der Waals surface area contributed by atoms with Crippen molar-refractivity contribution in [1.82, 2.24) is 14.8 Å². The Morgan fingerprint density at radius 2 is 1.83 bits per heavy atom. The number of halogens is 5. The molecule has 0 atom stereocenters. The molecule has 0 aliphatic rings. The molecular formula is C15H7Cl2F3N4. The van der Waals surface area contributed by atoms with Crippen LogP contribution in [0.3, 0.4) is 0 Å². The molecule has 0 saturated carbocycles. The number of pyridine rings is 1. The van der Waals surface area contributed by atoms with Gasteiger partial charge in [-0.1, -0.05) is 23.2 Å². The number of nitrogens with zero attached hydrogens (tertiary/aromatic N) is 4. The van der Waals surface area contributed by atoms with E-state index in [1.807, 2.05) is 6.07 Å². The summed E-state index contributed by atoms with van der Waals surface area (Å²) >= 11 is 12.0. The van der Waals surface area contributed by atoms with Gasteiger partial charge in [-0.05, 0) is 30.7 Å². The number of rotatable bonds is 1. The van der Waals surface area contributed by atoms with E-state index >= 15 is 0 Å². The van der Waals surface area contributed by atoms with Gasteiger partial charge in [0.2, 0.25) is 0 Å². The highest BCUT2D eigenvalue weighted by Crippen LogP contribution is 2.38. The van der Waals surface area contributed by atoms with Gasteiger partial charge >= 0.3 is 6.18 Å². The average Bonchev–Trinajstić information content (AvgIpc) is 2.86. The van der Waals surface area contributed by atoms with Gasteiger partial charge in [-0.3, -0.25) is 0 Å². The fourth-order valence-corrected chi connectivity index (χ4v) is 3.01. The van der Waals surface area contributed by atoms with E-state index in [9.17, 15) is 18.4 Å². The minimum Gasteiger partial charge on any atom is -0.236 e. The lowest BCUT2D eigenvalue weighted by Crippen LogP contribution is -2.07. The molecule has 0 N–H and O–H groups in total. The van der Waals surface area contributed by atoms with E-state index in [4.69, 9.17) is 23.2 Å². The standard InChI is InChI=1S/C15H7Cl2F3N4/c1-7-2-3-22-14-12(7)11(6-21)23-24(14)13-9(16)4-8(5-10(13)17)15(18,19)20/h2-5H,1H3. The highest BCUT2D eigenvalue weighted by atomic mass is 35.5. The number of hydrogen-bond acceptors (Lipinski definition) is 3. The van der Waals surface area contributed by atoms with E-state index in [1.54, 1.807) is 13.0 Å². The van der Waals surface area contributed by atoms with Gasteiger partial charge in [-0.2, -0.15) is 23.5 Å². The van der Waals surface area contributed by atoms with Crippen LogP contribution in [0, 0.1) is 18.3 Å². The molecule has 2 heterocycles. The maximum Gasteiger partial charge on any atom is 0.416 e. The largest absolute Gasteiger partial charge is 0.416 e. The lowest BCUT2D eigenvalue weighted by Gasteiger charge is -2.12. The third-order valence-corrected chi connectivity index (χ3v) is 4.01. The van der Waals surface area contributed by atoms with Crippen LogP contribution in [0.4, 0.5) is 13.2 Å². The Balaban J connectivity index is 2.34. The van der Waals surface area contributed by atoms with Gasteiger partial charge in [0.25, 0.3) is 0 Å². The predicted molar refractivity (Wildman–Crippen MR) is 83.3 cm³/mol. The number of benzene rings is 1. The second-order valence-corrected chi connectivity index (χ2v) is 5.80. The number of aromatic nitrogens is 3. The zero-order chi connectivity index (χ0) is 17.6. The highest BCUT2D eigenvalue weighted by Gasteiger charge is 2.32. The third-order valence-electron chi connectivity index (χ3n) is 3.44. The lowest BCUT2D eigenvalue weighted by atomic mass is 10.1. The topological polar surface area (TPSA) is 54.5 Å². The van der Waals surface area contributed by atoms with Crippen molar-refractivity contribution in [2.45, 2.75) is 13.1 Å². The first-order valence-electron chi connectivity index (χ1n) is 6.55. The summed E-state index contributed by atoms with van der Waals surface area (Å²) in [6.45, 7) is 1.77. The van der Waals surface area contributed by atoms with Crippen molar-refractivity contribution in [3.8, 4) is 11.8 Å². The van der Waals surface area contributed by atoms with Gasteiger partial charge in [-0.25, -0.2) is 9.67 Å². The first kappa shape index (κ1) is 16.6. The van der Waals surface area contributed by atoms with Gasteiger partial charge < -0.3 is 0 Å². The molecule has 4 nitrogen and oxygen atoms in total. The molecule has 0 aliphatic carbocycles. The van der Waals surface area contributed by atoms with E-state index in [0.717, 1.165) is 17.7 Å². The maximum atomic E-state index is 12.9. The van der Waals surface area contributed by atoms with Crippen molar-refractivity contribution >= 4 is 34.2 Å². The van der Waals surface area contributed by atoms with Crippen molar-refractivity contribution < 1.29 is 13.2 Å². The van der Waals surface area contributed by atoms with Crippen LogP contribution in [0.2, 0.25) is 10.0 Å². The van der Waals surface area contributed by atoms with Crippen LogP contribution < -0.4 is 0 Å². The molecule has 0 aliphatic heterocycles. The third kappa shape index (κ3) is 2.58. The smallest absolute Gasteiger partial charge is 0.236 e. The zero-order valence-corrected chi connectivity index (χ0v) is 13.5. The minimum absolute atomic E-state index is 0.0379. The molecular weight excluding hydrogens is 364 g/mol. The van der Waals surface area contributed by atoms with Gasteiger partial charge in [0.1, 0.15) is 11.8 Å². The second kappa shape index (κ2) is 5.65. The molecule has 0 spiro atoms. The number of nitriles is 1. The zero-order valence-electron chi connectivity index (χ0n) is 12.0. The van der Waals surface area contributed by atoms with Crippen LogP contribution in [-0.2, 0) is 6.18 Å². The monoisotopic (exact) mass is 370 g/mol. The van der Waals surface area contributed by atoms with Gasteiger partial charge in [0, 0.05) is 6.20 Å². The Bertz CT molecular complexity index is 979. The number of aryl methyl sites for hydroxylation is 1. The number of fused-ring (bicyclic) bond motifs is 1. The summed E-state index contributed by atoms with van der Waals surface area (Å²) in [5.41, 5.74) is 0.193. The summed E-state index contributed by atoms with van der Waals surface area (Å²) in [5, 5.41) is 13.3. The summed E-state index contributed by atoms with van der Waals surface area (Å²) in [6, 6.07) is 5.16. The van der Waals surface area contributed by atoms with Crippen molar-refractivity contribution in [2.75, 3.05) is 0 Å². The molecule has 0 bridgehead atoms. The van der Waals surface area contributed by atoms with Crippen molar-refractivity contribution in [3.05, 3.63) is 51.3 Å². The molecule has 3 aromatic rings. The van der Waals surface area contributed by atoms with Crippen LogP contribution in [-0.4, -0.2) is 14.8 Å². The van der Waals surface area contributed by atoms with Gasteiger partial charge in [0.05, 0.1) is 21.0 Å². The van der Waals surface area contributed by atoms with E-state index in [2.05, 4.69) is 10.1 Å². The number of hydrogen-bond donors (Lipinski definition) is 0. The Morgan fingerprint density at radius 1 is 1.21 bits per heavy atom. The first-order valence-corrected chi connectivity index (χ1v) is 7.30. The molecule has 3 rings (SSSR count). The summed E-state index contributed by atoms with van der Waals surface area (Å²) in [6.07, 6.45) is -3.08. The Morgan fingerprint density at radius 3 is 2.38 bits per heavy atom. The van der Waals surface area contributed by atoms with Crippen molar-refractivity contribution in [1.29, 1.82) is 5.26 Å². The van der Waals surface area contributed by atoms with Crippen LogP contribution in [0.5, 0.6) is 0 Å². The second-order valence-electron chi connectivity index (χ2n) is 4.98. The predicted octanol–water partition coefficient (Wildman–Crippen LogP) is 4.93. The summed E-state index contributed by atoms with van der Waals surface area (Å²) in [5.74, 6) is 0. The van der Waals surface area contributed by atoms with E-state index < -0.39 is 11.7 Å². The van der Waals surface area contributed by atoms with Crippen molar-refractivity contribution in [2.24, 2.45) is 0 Å². The molecule has 0 saturated heterocycles. The SMILES string of the molecule is Cc1ccnc2c1c(C#N)nn2-c1c(Cl)cc(C(F)(F)F)cc1Cl. The summed E-state index contributed by atoms with van der Waals surface area (Å²) in [4.78, 5) is 4.15. The highest BCUT2D eigenvalue weighted by molar-refractivity contribution is 6.38. The van der Waals surface area contributed by atoms with Gasteiger partial charge in [0.15, 0.2) is 11.3 Å². The molecule has 2 aromatic heterocycles. The Labute approximate surface area is 144 Å². The van der Waals surface area contributed by atoms with Crippen LogP contribution in [0.25, 0.3) is 16.7 Å². The molecule has 0 unspecified atom stereocenters. The number of alkyl halides is 3. The summed E-state index contributed by atoms with van der Waals surface area (Å²) < 4.78 is 39.7. The molecule has 24 heavy (non-hydrogen) atoms. The maximum absolute atomic E-state index is 12.9. The molecule has 1 aromatic carbocycles. The van der Waals surface area contributed by atoms with Crippen LogP contribution in [0.15, 0.2) is 24.4 Å². The van der Waals surface area contributed by atoms with Crippen LogP contribution >= 0.6 is 23.2 Å². The molecule has 122 valence electrons. The average molecular weight is 371 g/mol. The van der Waals surface area contributed by atoms with E-state index in [0.29, 0.717) is 5.39 Å². The normalized spacial score (nSPS) is 11.7. The minimum atomic E-state index is -4.58. The quantitative estimate of drug-likeness (QED) is 0.610. The Hall–Kier alpha value is -2.30. The molecule has 0 radical (unpaired) electrons. The van der Waals surface area contributed by atoms with Crippen LogP contribution in [0.1, 0.15) is 16.8 Å². The van der Waals surface area contributed by atoms with Crippen molar-refractivity contribution in [3.63, 3.8) is 0 Å².